The maximum atomic E-state index is 12.8. The van der Waals surface area contributed by atoms with Crippen LogP contribution in [0, 0.1) is 0 Å². The molecule has 0 unspecified atom stereocenters. The van der Waals surface area contributed by atoms with E-state index < -0.39 is 0 Å². The summed E-state index contributed by atoms with van der Waals surface area (Å²) in [5.74, 6) is -0.223. The van der Waals surface area contributed by atoms with Crippen molar-refractivity contribution in [2.75, 3.05) is 6.54 Å². The third-order valence-corrected chi connectivity index (χ3v) is 4.82. The number of carbonyl (C=O) groups excluding carboxylic acids is 1. The van der Waals surface area contributed by atoms with Crippen molar-refractivity contribution in [3.63, 3.8) is 0 Å². The number of benzene rings is 1. The molecule has 1 aliphatic rings. The van der Waals surface area contributed by atoms with Crippen LogP contribution in [0.15, 0.2) is 41.3 Å². The van der Waals surface area contributed by atoms with Gasteiger partial charge in [-0.2, -0.15) is 9.61 Å². The van der Waals surface area contributed by atoms with Gasteiger partial charge in [-0.3, -0.25) is 9.59 Å². The largest absolute Gasteiger partial charge is 0.348 e. The Bertz CT molecular complexity index is 1020. The van der Waals surface area contributed by atoms with Crippen LogP contribution in [-0.4, -0.2) is 26.6 Å². The number of nitrogens with zero attached hydrogens (tertiary/aromatic N) is 3. The number of nitrogens with one attached hydrogen (secondary N) is 2. The van der Waals surface area contributed by atoms with Gasteiger partial charge in [0.1, 0.15) is 5.56 Å². The standard InChI is InChI=1S/C19H21N5O2/c1-2-23-16-8-9-20-11-14(16)19(26)24-18(23)15(12-22-24)17(25)21-10-13-6-4-3-5-7-13/h3-7,12,20H,2,8-11H2,1H3,(H,21,25). The lowest BCUT2D eigenvalue weighted by atomic mass is 10.1. The molecule has 1 aliphatic heterocycles. The number of aryl methyl sites for hydroxylation is 1. The number of fused-ring (bicyclic) bond motifs is 2. The molecule has 0 aliphatic carbocycles. The summed E-state index contributed by atoms with van der Waals surface area (Å²) >= 11 is 0. The first kappa shape index (κ1) is 16.5. The average Bonchev–Trinajstić information content (AvgIpc) is 3.13. The molecular weight excluding hydrogens is 330 g/mol. The van der Waals surface area contributed by atoms with Crippen LogP contribution < -0.4 is 16.2 Å². The Morgan fingerprint density at radius 2 is 2.12 bits per heavy atom. The molecule has 1 amide bonds. The first-order valence-corrected chi connectivity index (χ1v) is 8.85. The molecule has 0 atom stereocenters. The second-order valence-corrected chi connectivity index (χ2v) is 6.36. The van der Waals surface area contributed by atoms with Crippen molar-refractivity contribution in [3.05, 3.63) is 69.3 Å². The van der Waals surface area contributed by atoms with E-state index in [1.165, 1.54) is 10.7 Å². The lowest BCUT2D eigenvalue weighted by molar-refractivity contribution is 0.0952. The molecule has 2 N–H and O–H groups in total. The molecule has 0 fully saturated rings. The van der Waals surface area contributed by atoms with Crippen LogP contribution in [0.5, 0.6) is 0 Å². The normalized spacial score (nSPS) is 13.6. The first-order valence-electron chi connectivity index (χ1n) is 8.85. The van der Waals surface area contributed by atoms with E-state index in [0.29, 0.717) is 30.8 Å². The number of hydrogen-bond donors (Lipinski definition) is 2. The first-order chi connectivity index (χ1) is 12.7. The van der Waals surface area contributed by atoms with E-state index in [0.717, 1.165) is 29.8 Å². The summed E-state index contributed by atoms with van der Waals surface area (Å²) in [6, 6.07) is 9.73. The van der Waals surface area contributed by atoms with Crippen LogP contribution in [0.25, 0.3) is 5.65 Å². The molecule has 0 saturated carbocycles. The molecule has 3 aromatic rings. The van der Waals surface area contributed by atoms with Crippen molar-refractivity contribution < 1.29 is 4.79 Å². The van der Waals surface area contributed by atoms with Crippen LogP contribution in [0.1, 0.15) is 34.1 Å². The van der Waals surface area contributed by atoms with Crippen LogP contribution in [0.3, 0.4) is 0 Å². The smallest absolute Gasteiger partial charge is 0.279 e. The lowest BCUT2D eigenvalue weighted by Crippen LogP contribution is -2.36. The molecule has 1 aromatic carbocycles. The fraction of sp³-hybridized carbons (Fsp3) is 0.316. The minimum atomic E-state index is -0.223. The highest BCUT2D eigenvalue weighted by Crippen LogP contribution is 2.17. The minimum absolute atomic E-state index is 0.144. The van der Waals surface area contributed by atoms with E-state index in [4.69, 9.17) is 0 Å². The highest BCUT2D eigenvalue weighted by molar-refractivity contribution is 5.99. The number of rotatable bonds is 4. The third kappa shape index (κ3) is 2.70. The zero-order valence-electron chi connectivity index (χ0n) is 14.7. The Morgan fingerprint density at radius 3 is 2.88 bits per heavy atom. The zero-order chi connectivity index (χ0) is 18.1. The molecule has 0 saturated heterocycles. The Balaban J connectivity index is 1.75. The van der Waals surface area contributed by atoms with E-state index in [1.54, 1.807) is 0 Å². The number of amides is 1. The van der Waals surface area contributed by atoms with Crippen LogP contribution >= 0.6 is 0 Å². The van der Waals surface area contributed by atoms with Crippen LogP contribution in [0.2, 0.25) is 0 Å². The maximum Gasteiger partial charge on any atom is 0.279 e. The average molecular weight is 351 g/mol. The summed E-state index contributed by atoms with van der Waals surface area (Å²) in [5, 5.41) is 10.4. The van der Waals surface area contributed by atoms with Gasteiger partial charge in [-0.1, -0.05) is 30.3 Å². The molecule has 0 spiro atoms. The maximum absolute atomic E-state index is 12.8. The topological polar surface area (TPSA) is 80.4 Å². The molecule has 26 heavy (non-hydrogen) atoms. The summed E-state index contributed by atoms with van der Waals surface area (Å²) in [5.41, 5.74) is 3.62. The van der Waals surface area contributed by atoms with Gasteiger partial charge in [-0.05, 0) is 12.5 Å². The molecule has 0 radical (unpaired) electrons. The van der Waals surface area contributed by atoms with Gasteiger partial charge in [0.2, 0.25) is 0 Å². The Kier molecular flexibility index (Phi) is 4.30. The van der Waals surface area contributed by atoms with Crippen molar-refractivity contribution in [2.45, 2.75) is 33.0 Å². The van der Waals surface area contributed by atoms with E-state index >= 15 is 0 Å². The zero-order valence-corrected chi connectivity index (χ0v) is 14.7. The molecule has 2 aromatic heterocycles. The lowest BCUT2D eigenvalue weighted by Gasteiger charge is -2.22. The van der Waals surface area contributed by atoms with Crippen LogP contribution in [-0.2, 0) is 26.1 Å². The third-order valence-electron chi connectivity index (χ3n) is 4.82. The van der Waals surface area contributed by atoms with Gasteiger partial charge in [0, 0.05) is 38.3 Å². The second-order valence-electron chi connectivity index (χ2n) is 6.36. The SMILES string of the molecule is CCn1c2c(c(=O)n3ncc(C(=O)NCc4ccccc4)c13)CNCC2. The molecule has 3 heterocycles. The van der Waals surface area contributed by atoms with E-state index in [-0.39, 0.29) is 11.5 Å². The Morgan fingerprint density at radius 1 is 1.31 bits per heavy atom. The van der Waals surface area contributed by atoms with Crippen molar-refractivity contribution in [3.8, 4) is 0 Å². The Hall–Kier alpha value is -2.93. The number of aromatic nitrogens is 3. The highest BCUT2D eigenvalue weighted by atomic mass is 16.2. The Labute approximate surface area is 150 Å². The molecule has 4 rings (SSSR count). The summed E-state index contributed by atoms with van der Waals surface area (Å²) in [7, 11) is 0. The fourth-order valence-corrected chi connectivity index (χ4v) is 3.55. The van der Waals surface area contributed by atoms with Gasteiger partial charge in [-0.25, -0.2) is 0 Å². The predicted molar refractivity (Wildman–Crippen MR) is 98.1 cm³/mol. The van der Waals surface area contributed by atoms with Crippen molar-refractivity contribution in [1.29, 1.82) is 0 Å². The van der Waals surface area contributed by atoms with Gasteiger partial charge in [-0.15, -0.1) is 0 Å². The summed E-state index contributed by atoms with van der Waals surface area (Å²) in [6.45, 7) is 4.50. The van der Waals surface area contributed by atoms with E-state index in [2.05, 4.69) is 15.7 Å². The van der Waals surface area contributed by atoms with E-state index in [1.807, 2.05) is 41.8 Å². The van der Waals surface area contributed by atoms with Gasteiger partial charge < -0.3 is 15.2 Å². The van der Waals surface area contributed by atoms with Gasteiger partial charge >= 0.3 is 0 Å². The van der Waals surface area contributed by atoms with Gasteiger partial charge in [0.05, 0.1) is 11.8 Å². The van der Waals surface area contributed by atoms with Gasteiger partial charge in [0.25, 0.3) is 11.5 Å². The summed E-state index contributed by atoms with van der Waals surface area (Å²) < 4.78 is 3.40. The number of carbonyl (C=O) groups is 1. The van der Waals surface area contributed by atoms with Crippen molar-refractivity contribution >= 4 is 11.6 Å². The molecule has 0 bridgehead atoms. The summed E-state index contributed by atoms with van der Waals surface area (Å²) in [6.07, 6.45) is 2.26. The molecular formula is C19H21N5O2. The van der Waals surface area contributed by atoms with E-state index in [9.17, 15) is 9.59 Å². The quantitative estimate of drug-likeness (QED) is 0.737. The molecule has 7 nitrogen and oxygen atoms in total. The van der Waals surface area contributed by atoms with Crippen molar-refractivity contribution in [1.82, 2.24) is 24.8 Å². The molecule has 134 valence electrons. The monoisotopic (exact) mass is 351 g/mol. The predicted octanol–water partition coefficient (Wildman–Crippen LogP) is 1.09. The van der Waals surface area contributed by atoms with Crippen LogP contribution in [0.4, 0.5) is 0 Å². The second kappa shape index (κ2) is 6.76. The number of hydrogen-bond acceptors (Lipinski definition) is 4. The summed E-state index contributed by atoms with van der Waals surface area (Å²) in [4.78, 5) is 25.5. The van der Waals surface area contributed by atoms with Gasteiger partial charge in [0.15, 0.2) is 5.65 Å². The molecule has 7 heteroatoms. The minimum Gasteiger partial charge on any atom is -0.348 e. The van der Waals surface area contributed by atoms with Crippen molar-refractivity contribution in [2.24, 2.45) is 0 Å². The highest BCUT2D eigenvalue weighted by Gasteiger charge is 2.24. The fourth-order valence-electron chi connectivity index (χ4n) is 3.55.